The van der Waals surface area contributed by atoms with Gasteiger partial charge in [0.05, 0.1) is 0 Å². The van der Waals surface area contributed by atoms with Crippen molar-refractivity contribution in [3.8, 4) is 0 Å². The molecule has 0 saturated heterocycles. The Morgan fingerprint density at radius 2 is 0.909 bits per heavy atom. The molecule has 1 aliphatic rings. The predicted molar refractivity (Wildman–Crippen MR) is 86.5 cm³/mol. The summed E-state index contributed by atoms with van der Waals surface area (Å²) in [6.07, 6.45) is 3.99. The second kappa shape index (κ2) is 6.35. The van der Waals surface area contributed by atoms with Crippen LogP contribution in [0.1, 0.15) is 11.1 Å². The fourth-order valence-corrected chi connectivity index (χ4v) is 2.55. The van der Waals surface area contributed by atoms with Gasteiger partial charge in [0.1, 0.15) is 0 Å². The van der Waals surface area contributed by atoms with Gasteiger partial charge >= 0.3 is 0 Å². The van der Waals surface area contributed by atoms with E-state index in [1.165, 1.54) is 12.2 Å². The topological polar surface area (TPSA) is 34.1 Å². The number of carbonyl (C=O) groups is 2. The fraction of sp³-hybridized carbons (Fsp3) is 0.100. The van der Waals surface area contributed by atoms with Crippen molar-refractivity contribution >= 4 is 11.6 Å². The summed E-state index contributed by atoms with van der Waals surface area (Å²) in [4.78, 5) is 24.5. The Morgan fingerprint density at radius 3 is 1.27 bits per heavy atom. The first kappa shape index (κ1) is 14.2. The first-order chi connectivity index (χ1) is 10.7. The van der Waals surface area contributed by atoms with Crippen LogP contribution in [0.5, 0.6) is 0 Å². The Bertz CT molecular complexity index is 685. The van der Waals surface area contributed by atoms with Gasteiger partial charge in [0.2, 0.25) is 0 Å². The van der Waals surface area contributed by atoms with Gasteiger partial charge in [-0.15, -0.1) is 0 Å². The molecule has 0 atom stereocenters. The monoisotopic (exact) mass is 288 g/mol. The zero-order valence-electron chi connectivity index (χ0n) is 12.2. The molecule has 2 nitrogen and oxygen atoms in total. The van der Waals surface area contributed by atoms with Gasteiger partial charge in [0.25, 0.3) is 0 Å². The second-order valence-corrected chi connectivity index (χ2v) is 5.39. The number of rotatable bonds is 4. The molecule has 2 aromatic carbocycles. The number of allylic oxidation sites excluding steroid dienone is 4. The molecule has 0 fully saturated rings. The van der Waals surface area contributed by atoms with Gasteiger partial charge in [-0.05, 0) is 23.3 Å². The van der Waals surface area contributed by atoms with Crippen LogP contribution in [0.25, 0.3) is 0 Å². The summed E-state index contributed by atoms with van der Waals surface area (Å²) in [5, 5.41) is 0. The third kappa shape index (κ3) is 3.29. The molecule has 0 aromatic heterocycles. The molecule has 0 bridgehead atoms. The number of hydrogen-bond donors (Lipinski definition) is 0. The van der Waals surface area contributed by atoms with Gasteiger partial charge in [-0.2, -0.15) is 0 Å². The highest BCUT2D eigenvalue weighted by Crippen LogP contribution is 2.19. The highest BCUT2D eigenvalue weighted by molar-refractivity contribution is 6.20. The lowest BCUT2D eigenvalue weighted by molar-refractivity contribution is -0.115. The van der Waals surface area contributed by atoms with Crippen molar-refractivity contribution in [2.75, 3.05) is 0 Å². The van der Waals surface area contributed by atoms with Crippen molar-refractivity contribution in [2.24, 2.45) is 0 Å². The summed E-state index contributed by atoms with van der Waals surface area (Å²) in [5.74, 6) is -0.122. The van der Waals surface area contributed by atoms with E-state index in [2.05, 4.69) is 0 Å². The molecule has 0 N–H and O–H groups in total. The van der Waals surface area contributed by atoms with Crippen molar-refractivity contribution in [3.63, 3.8) is 0 Å². The summed E-state index contributed by atoms with van der Waals surface area (Å²) in [7, 11) is 0. The summed E-state index contributed by atoms with van der Waals surface area (Å²) in [6.45, 7) is 0. The third-order valence-electron chi connectivity index (χ3n) is 3.72. The summed E-state index contributed by atoms with van der Waals surface area (Å²) < 4.78 is 0. The van der Waals surface area contributed by atoms with Crippen LogP contribution in [0, 0.1) is 0 Å². The van der Waals surface area contributed by atoms with Crippen LogP contribution >= 0.6 is 0 Å². The zero-order valence-corrected chi connectivity index (χ0v) is 12.2. The van der Waals surface area contributed by atoms with Gasteiger partial charge in [0, 0.05) is 24.0 Å². The molecule has 0 saturated carbocycles. The molecular weight excluding hydrogens is 272 g/mol. The molecule has 0 amide bonds. The molecule has 1 aliphatic carbocycles. The minimum absolute atomic E-state index is 0.0608. The van der Waals surface area contributed by atoms with E-state index in [0.717, 1.165) is 11.1 Å². The molecule has 2 aromatic rings. The largest absolute Gasteiger partial charge is 0.290 e. The first-order valence-electron chi connectivity index (χ1n) is 7.30. The normalized spacial score (nSPS) is 14.5. The van der Waals surface area contributed by atoms with Crippen LogP contribution in [0.4, 0.5) is 0 Å². The summed E-state index contributed by atoms with van der Waals surface area (Å²) in [5.41, 5.74) is 3.20. The maximum atomic E-state index is 12.2. The molecule has 22 heavy (non-hydrogen) atoms. The predicted octanol–water partition coefficient (Wildman–Crippen LogP) is 3.48. The van der Waals surface area contributed by atoms with E-state index in [0.29, 0.717) is 24.0 Å². The maximum Gasteiger partial charge on any atom is 0.182 e. The van der Waals surface area contributed by atoms with E-state index < -0.39 is 0 Å². The summed E-state index contributed by atoms with van der Waals surface area (Å²) in [6, 6.07) is 19.4. The molecule has 0 unspecified atom stereocenters. The Balaban J connectivity index is 1.75. The average Bonchev–Trinajstić information content (AvgIpc) is 2.54. The van der Waals surface area contributed by atoms with Gasteiger partial charge in [-0.3, -0.25) is 9.59 Å². The van der Waals surface area contributed by atoms with E-state index in [1.54, 1.807) is 0 Å². The highest BCUT2D eigenvalue weighted by atomic mass is 16.1. The lowest BCUT2D eigenvalue weighted by Gasteiger charge is -2.12. The number of ketones is 2. The lowest BCUT2D eigenvalue weighted by Crippen LogP contribution is -2.16. The van der Waals surface area contributed by atoms with Crippen LogP contribution in [-0.2, 0) is 22.4 Å². The quantitative estimate of drug-likeness (QED) is 0.807. The zero-order chi connectivity index (χ0) is 15.4. The molecule has 0 spiro atoms. The Hall–Kier alpha value is -2.74. The van der Waals surface area contributed by atoms with Crippen LogP contribution in [0.2, 0.25) is 0 Å². The van der Waals surface area contributed by atoms with Gasteiger partial charge in [-0.25, -0.2) is 0 Å². The molecule has 2 heteroatoms. The third-order valence-corrected chi connectivity index (χ3v) is 3.72. The molecule has 108 valence electrons. The van der Waals surface area contributed by atoms with E-state index in [4.69, 9.17) is 0 Å². The molecular formula is C20H16O2. The number of hydrogen-bond acceptors (Lipinski definition) is 2. The smallest absolute Gasteiger partial charge is 0.182 e. The second-order valence-electron chi connectivity index (χ2n) is 5.39. The van der Waals surface area contributed by atoms with Gasteiger partial charge in [0.15, 0.2) is 11.6 Å². The molecule has 3 rings (SSSR count). The Labute approximate surface area is 129 Å². The van der Waals surface area contributed by atoms with Gasteiger partial charge < -0.3 is 0 Å². The van der Waals surface area contributed by atoms with Crippen molar-refractivity contribution in [1.29, 1.82) is 0 Å². The van der Waals surface area contributed by atoms with Crippen molar-refractivity contribution < 1.29 is 9.59 Å². The van der Waals surface area contributed by atoms with Crippen molar-refractivity contribution in [1.82, 2.24) is 0 Å². The average molecular weight is 288 g/mol. The summed E-state index contributed by atoms with van der Waals surface area (Å²) >= 11 is 0. The van der Waals surface area contributed by atoms with Crippen LogP contribution in [0.3, 0.4) is 0 Å². The van der Waals surface area contributed by atoms with E-state index in [9.17, 15) is 9.59 Å². The highest BCUT2D eigenvalue weighted by Gasteiger charge is 2.20. The van der Waals surface area contributed by atoms with Gasteiger partial charge in [-0.1, -0.05) is 60.7 Å². The Kier molecular flexibility index (Phi) is 4.10. The van der Waals surface area contributed by atoms with E-state index in [1.807, 2.05) is 60.7 Å². The van der Waals surface area contributed by atoms with Crippen molar-refractivity contribution in [2.45, 2.75) is 12.8 Å². The molecule has 0 radical (unpaired) electrons. The standard InChI is InChI=1S/C20H16O2/c21-19-14-18(12-16-9-5-2-6-10-16)20(22)13-17(19)11-15-7-3-1-4-8-15/h1-10,13-14H,11-12H2. The number of benzene rings is 2. The Morgan fingerprint density at radius 1 is 0.545 bits per heavy atom. The SMILES string of the molecule is O=C1C=C(Cc2ccccc2)C(=O)C=C1Cc1ccccc1. The maximum absolute atomic E-state index is 12.2. The van der Waals surface area contributed by atoms with Crippen molar-refractivity contribution in [3.05, 3.63) is 95.1 Å². The fourth-order valence-electron chi connectivity index (χ4n) is 2.55. The van der Waals surface area contributed by atoms with Crippen LogP contribution in [0.15, 0.2) is 84.0 Å². The van der Waals surface area contributed by atoms with Crippen LogP contribution in [-0.4, -0.2) is 11.6 Å². The minimum Gasteiger partial charge on any atom is -0.290 e. The first-order valence-corrected chi connectivity index (χ1v) is 7.30. The molecule has 0 aliphatic heterocycles. The lowest BCUT2D eigenvalue weighted by atomic mass is 9.90. The number of carbonyl (C=O) groups excluding carboxylic acids is 2. The molecule has 0 heterocycles. The van der Waals surface area contributed by atoms with E-state index >= 15 is 0 Å². The van der Waals surface area contributed by atoms with E-state index in [-0.39, 0.29) is 11.6 Å². The minimum atomic E-state index is -0.0608. The van der Waals surface area contributed by atoms with Crippen LogP contribution < -0.4 is 0 Å².